The van der Waals surface area contributed by atoms with Gasteiger partial charge < -0.3 is 9.47 Å². The number of halogens is 1. The molecule has 1 aliphatic rings. The molecule has 1 aliphatic heterocycles. The second-order valence-corrected chi connectivity index (χ2v) is 3.41. The summed E-state index contributed by atoms with van der Waals surface area (Å²) < 4.78 is 10.7. The normalized spacial score (nSPS) is 13.9. The van der Waals surface area contributed by atoms with Crippen molar-refractivity contribution in [2.75, 3.05) is 13.2 Å². The maximum Gasteiger partial charge on any atom is 0.180 e. The number of Topliss-reactive ketones (excluding diaryl/α,β-unsaturated/α-hetero) is 1. The van der Waals surface area contributed by atoms with Crippen LogP contribution in [0.4, 0.5) is 0 Å². The first kappa shape index (κ1) is 9.34. The van der Waals surface area contributed by atoms with Crippen molar-refractivity contribution < 1.29 is 14.3 Å². The summed E-state index contributed by atoms with van der Waals surface area (Å²) in [6, 6.07) is 3.30. The molecule has 0 saturated carbocycles. The van der Waals surface area contributed by atoms with E-state index in [4.69, 9.17) is 21.1 Å². The predicted molar refractivity (Wildman–Crippen MR) is 52.4 cm³/mol. The van der Waals surface area contributed by atoms with Crippen molar-refractivity contribution in [1.82, 2.24) is 0 Å². The molecule has 0 saturated heterocycles. The molecule has 0 N–H and O–H groups in total. The third-order valence-corrected chi connectivity index (χ3v) is 2.32. The van der Waals surface area contributed by atoms with Gasteiger partial charge in [-0.25, -0.2) is 0 Å². The van der Waals surface area contributed by atoms with Crippen LogP contribution in [0, 0.1) is 0 Å². The number of ether oxygens (including phenoxy) is 2. The molecular weight excluding hydrogens is 204 g/mol. The second-order valence-electron chi connectivity index (χ2n) is 3.01. The highest BCUT2D eigenvalue weighted by molar-refractivity contribution is 6.32. The fourth-order valence-corrected chi connectivity index (χ4v) is 1.58. The molecule has 0 atom stereocenters. The minimum Gasteiger partial charge on any atom is -0.485 e. The van der Waals surface area contributed by atoms with E-state index < -0.39 is 0 Å². The van der Waals surface area contributed by atoms with Crippen molar-refractivity contribution in [3.05, 3.63) is 22.7 Å². The highest BCUT2D eigenvalue weighted by atomic mass is 35.5. The van der Waals surface area contributed by atoms with Gasteiger partial charge in [-0.15, -0.1) is 0 Å². The summed E-state index contributed by atoms with van der Waals surface area (Å²) in [5, 5.41) is 0.477. The molecule has 0 bridgehead atoms. The van der Waals surface area contributed by atoms with Crippen LogP contribution in [-0.2, 0) is 0 Å². The number of ketones is 1. The molecule has 0 aliphatic carbocycles. The average molecular weight is 213 g/mol. The van der Waals surface area contributed by atoms with Gasteiger partial charge in [0.25, 0.3) is 0 Å². The Kier molecular flexibility index (Phi) is 2.33. The van der Waals surface area contributed by atoms with E-state index in [0.717, 1.165) is 0 Å². The van der Waals surface area contributed by atoms with E-state index in [2.05, 4.69) is 0 Å². The maximum absolute atomic E-state index is 11.2. The molecule has 0 amide bonds. The summed E-state index contributed by atoms with van der Waals surface area (Å²) in [7, 11) is 0. The Morgan fingerprint density at radius 1 is 1.29 bits per heavy atom. The molecule has 2 rings (SSSR count). The maximum atomic E-state index is 11.2. The lowest BCUT2D eigenvalue weighted by molar-refractivity contribution is 0.100. The number of carbonyl (C=O) groups excluding carboxylic acids is 1. The predicted octanol–water partition coefficient (Wildman–Crippen LogP) is 2.31. The van der Waals surface area contributed by atoms with Crippen molar-refractivity contribution >= 4 is 17.4 Å². The minimum atomic E-state index is -0.0524. The summed E-state index contributed by atoms with van der Waals surface area (Å²) in [5.41, 5.74) is 0.518. The number of fused-ring (bicyclic) bond motifs is 1. The van der Waals surface area contributed by atoms with E-state index in [9.17, 15) is 4.79 Å². The SMILES string of the molecule is CC(=O)c1ccc(Cl)c2c1OCCO2. The first-order valence-electron chi connectivity index (χ1n) is 4.29. The Labute approximate surface area is 86.6 Å². The van der Waals surface area contributed by atoms with Crippen LogP contribution in [0.25, 0.3) is 0 Å². The molecule has 14 heavy (non-hydrogen) atoms. The van der Waals surface area contributed by atoms with Crippen molar-refractivity contribution in [3.63, 3.8) is 0 Å². The topological polar surface area (TPSA) is 35.5 Å². The summed E-state index contributed by atoms with van der Waals surface area (Å²) in [4.78, 5) is 11.2. The summed E-state index contributed by atoms with van der Waals surface area (Å²) >= 11 is 5.90. The standard InChI is InChI=1S/C10H9ClO3/c1-6(12)7-2-3-8(11)10-9(7)13-4-5-14-10/h2-3H,4-5H2,1H3. The summed E-state index contributed by atoms with van der Waals surface area (Å²) in [6.07, 6.45) is 0. The Balaban J connectivity index is 2.59. The number of rotatable bonds is 1. The summed E-state index contributed by atoms with van der Waals surface area (Å²) in [5.74, 6) is 0.894. The van der Waals surface area contributed by atoms with Gasteiger partial charge in [0.15, 0.2) is 17.3 Å². The number of hydrogen-bond donors (Lipinski definition) is 0. The molecule has 0 aromatic heterocycles. The lowest BCUT2D eigenvalue weighted by Crippen LogP contribution is -2.17. The Bertz CT molecular complexity index is 387. The molecule has 0 fully saturated rings. The van der Waals surface area contributed by atoms with Gasteiger partial charge in [0.1, 0.15) is 13.2 Å². The van der Waals surface area contributed by atoms with Crippen LogP contribution in [0.1, 0.15) is 17.3 Å². The van der Waals surface area contributed by atoms with Gasteiger partial charge in [0.05, 0.1) is 10.6 Å². The summed E-state index contributed by atoms with van der Waals surface area (Å²) in [6.45, 7) is 2.41. The first-order chi connectivity index (χ1) is 6.70. The van der Waals surface area contributed by atoms with E-state index in [0.29, 0.717) is 35.3 Å². The molecule has 74 valence electrons. The lowest BCUT2D eigenvalue weighted by atomic mass is 10.1. The monoisotopic (exact) mass is 212 g/mol. The van der Waals surface area contributed by atoms with Gasteiger partial charge in [0, 0.05) is 0 Å². The van der Waals surface area contributed by atoms with Crippen LogP contribution in [0.3, 0.4) is 0 Å². The van der Waals surface area contributed by atoms with Crippen LogP contribution in [-0.4, -0.2) is 19.0 Å². The van der Waals surface area contributed by atoms with Gasteiger partial charge in [-0.1, -0.05) is 11.6 Å². The second kappa shape index (κ2) is 3.50. The molecule has 0 radical (unpaired) electrons. The molecular formula is C10H9ClO3. The van der Waals surface area contributed by atoms with Crippen LogP contribution in [0.5, 0.6) is 11.5 Å². The molecule has 0 spiro atoms. The van der Waals surface area contributed by atoms with Gasteiger partial charge in [-0.05, 0) is 19.1 Å². The van der Waals surface area contributed by atoms with Gasteiger partial charge >= 0.3 is 0 Å². The fourth-order valence-electron chi connectivity index (χ4n) is 1.38. The zero-order valence-electron chi connectivity index (χ0n) is 7.67. The zero-order chi connectivity index (χ0) is 10.1. The fraction of sp³-hybridized carbons (Fsp3) is 0.300. The van der Waals surface area contributed by atoms with Crippen molar-refractivity contribution in [2.45, 2.75) is 6.92 Å². The van der Waals surface area contributed by atoms with Crippen molar-refractivity contribution in [2.24, 2.45) is 0 Å². The van der Waals surface area contributed by atoms with Crippen LogP contribution in [0.15, 0.2) is 12.1 Å². The van der Waals surface area contributed by atoms with E-state index in [1.165, 1.54) is 6.92 Å². The lowest BCUT2D eigenvalue weighted by Gasteiger charge is -2.21. The van der Waals surface area contributed by atoms with Gasteiger partial charge in [-0.3, -0.25) is 4.79 Å². The van der Waals surface area contributed by atoms with Crippen LogP contribution in [0.2, 0.25) is 5.02 Å². The van der Waals surface area contributed by atoms with Crippen LogP contribution >= 0.6 is 11.6 Å². The number of benzene rings is 1. The van der Waals surface area contributed by atoms with E-state index in [1.54, 1.807) is 12.1 Å². The first-order valence-corrected chi connectivity index (χ1v) is 4.67. The highest BCUT2D eigenvalue weighted by Gasteiger charge is 2.21. The van der Waals surface area contributed by atoms with E-state index in [1.807, 2.05) is 0 Å². The van der Waals surface area contributed by atoms with Crippen molar-refractivity contribution in [1.29, 1.82) is 0 Å². The molecule has 3 nitrogen and oxygen atoms in total. The third kappa shape index (κ3) is 1.44. The average Bonchev–Trinajstić information content (AvgIpc) is 2.18. The largest absolute Gasteiger partial charge is 0.485 e. The molecule has 1 aromatic carbocycles. The molecule has 1 aromatic rings. The van der Waals surface area contributed by atoms with Crippen LogP contribution < -0.4 is 9.47 Å². The number of hydrogen-bond acceptors (Lipinski definition) is 3. The number of carbonyl (C=O) groups is 1. The third-order valence-electron chi connectivity index (χ3n) is 2.02. The van der Waals surface area contributed by atoms with E-state index >= 15 is 0 Å². The Morgan fingerprint density at radius 2 is 1.93 bits per heavy atom. The van der Waals surface area contributed by atoms with Gasteiger partial charge in [-0.2, -0.15) is 0 Å². The molecule has 1 heterocycles. The Hall–Kier alpha value is -1.22. The molecule has 4 heteroatoms. The zero-order valence-corrected chi connectivity index (χ0v) is 8.43. The smallest absolute Gasteiger partial charge is 0.180 e. The highest BCUT2D eigenvalue weighted by Crippen LogP contribution is 2.40. The molecule has 0 unspecified atom stereocenters. The van der Waals surface area contributed by atoms with Crippen molar-refractivity contribution in [3.8, 4) is 11.5 Å². The quantitative estimate of drug-likeness (QED) is 0.671. The Morgan fingerprint density at radius 3 is 2.57 bits per heavy atom. The minimum absolute atomic E-state index is 0.0524. The van der Waals surface area contributed by atoms with E-state index in [-0.39, 0.29) is 5.78 Å². The van der Waals surface area contributed by atoms with Gasteiger partial charge in [0.2, 0.25) is 0 Å².